The second-order valence-corrected chi connectivity index (χ2v) is 7.64. The zero-order chi connectivity index (χ0) is 17.8. The number of carbonyl (C=O) groups excluding carboxylic acids is 1. The van der Waals surface area contributed by atoms with Crippen molar-refractivity contribution in [2.75, 3.05) is 31.1 Å². The first kappa shape index (κ1) is 18.2. The summed E-state index contributed by atoms with van der Waals surface area (Å²) in [5, 5.41) is 3.25. The molecule has 0 bridgehead atoms. The van der Waals surface area contributed by atoms with Crippen molar-refractivity contribution < 1.29 is 9.18 Å². The van der Waals surface area contributed by atoms with E-state index in [-0.39, 0.29) is 17.8 Å². The molecule has 0 spiro atoms. The Balaban J connectivity index is 1.46. The molecule has 1 aromatic rings. The van der Waals surface area contributed by atoms with E-state index in [0.29, 0.717) is 6.04 Å². The minimum atomic E-state index is -0.204. The molecule has 1 atom stereocenters. The van der Waals surface area contributed by atoms with E-state index in [9.17, 15) is 9.18 Å². The van der Waals surface area contributed by atoms with Crippen molar-refractivity contribution in [1.82, 2.24) is 10.2 Å². The van der Waals surface area contributed by atoms with Gasteiger partial charge in [0, 0.05) is 37.9 Å². The van der Waals surface area contributed by atoms with E-state index in [1.54, 1.807) is 0 Å². The molecule has 0 radical (unpaired) electrons. The van der Waals surface area contributed by atoms with Gasteiger partial charge in [0.05, 0.1) is 6.04 Å². The highest BCUT2D eigenvalue weighted by Crippen LogP contribution is 2.24. The topological polar surface area (TPSA) is 35.6 Å². The Hall–Kier alpha value is -1.62. The molecule has 1 aromatic carbocycles. The Bertz CT molecular complexity index is 561. The number of rotatable bonds is 4. The molecule has 1 unspecified atom stereocenters. The average molecular weight is 347 g/mol. The van der Waals surface area contributed by atoms with Gasteiger partial charge in [-0.3, -0.25) is 9.69 Å². The second-order valence-electron chi connectivity index (χ2n) is 7.64. The summed E-state index contributed by atoms with van der Waals surface area (Å²) in [7, 11) is 0. The third-order valence-electron chi connectivity index (χ3n) is 5.80. The van der Waals surface area contributed by atoms with Gasteiger partial charge in [-0.25, -0.2) is 4.39 Å². The Labute approximate surface area is 150 Å². The van der Waals surface area contributed by atoms with Crippen molar-refractivity contribution >= 4 is 11.6 Å². The van der Waals surface area contributed by atoms with Gasteiger partial charge in [0.1, 0.15) is 5.82 Å². The van der Waals surface area contributed by atoms with Crippen LogP contribution in [0.5, 0.6) is 0 Å². The lowest BCUT2D eigenvalue weighted by molar-refractivity contribution is -0.127. The van der Waals surface area contributed by atoms with Crippen LogP contribution in [-0.4, -0.2) is 49.1 Å². The summed E-state index contributed by atoms with van der Waals surface area (Å²) in [6.07, 6.45) is 4.65. The van der Waals surface area contributed by atoms with Crippen molar-refractivity contribution in [1.29, 1.82) is 0 Å². The van der Waals surface area contributed by atoms with Gasteiger partial charge in [-0.1, -0.05) is 6.92 Å². The molecule has 1 saturated heterocycles. The summed E-state index contributed by atoms with van der Waals surface area (Å²) in [5.74, 6) is 0.754. The number of hydrogen-bond donors (Lipinski definition) is 1. The van der Waals surface area contributed by atoms with Gasteiger partial charge in [0.2, 0.25) is 5.91 Å². The van der Waals surface area contributed by atoms with Crippen molar-refractivity contribution in [3.63, 3.8) is 0 Å². The first-order valence-corrected chi connectivity index (χ1v) is 9.58. The lowest BCUT2D eigenvalue weighted by Crippen LogP contribution is -2.55. The molecule has 25 heavy (non-hydrogen) atoms. The van der Waals surface area contributed by atoms with Crippen LogP contribution < -0.4 is 10.2 Å². The number of piperazine rings is 1. The molecule has 2 aliphatic rings. The first-order valence-electron chi connectivity index (χ1n) is 9.58. The van der Waals surface area contributed by atoms with E-state index < -0.39 is 0 Å². The molecule has 1 saturated carbocycles. The summed E-state index contributed by atoms with van der Waals surface area (Å²) >= 11 is 0. The Morgan fingerprint density at radius 3 is 2.28 bits per heavy atom. The van der Waals surface area contributed by atoms with E-state index in [0.717, 1.165) is 50.6 Å². The predicted octanol–water partition coefficient (Wildman–Crippen LogP) is 3.03. The molecular formula is C20H30FN3O. The van der Waals surface area contributed by atoms with Gasteiger partial charge in [0.15, 0.2) is 0 Å². The van der Waals surface area contributed by atoms with Gasteiger partial charge < -0.3 is 10.2 Å². The maximum Gasteiger partial charge on any atom is 0.237 e. The molecule has 0 aromatic heterocycles. The van der Waals surface area contributed by atoms with Gasteiger partial charge in [0.25, 0.3) is 0 Å². The van der Waals surface area contributed by atoms with Gasteiger partial charge in [-0.15, -0.1) is 0 Å². The monoisotopic (exact) mass is 347 g/mol. The molecule has 1 amide bonds. The van der Waals surface area contributed by atoms with Crippen LogP contribution >= 0.6 is 0 Å². The lowest BCUT2D eigenvalue weighted by Gasteiger charge is -2.39. The third kappa shape index (κ3) is 4.72. The van der Waals surface area contributed by atoms with Crippen LogP contribution in [0.4, 0.5) is 10.1 Å². The van der Waals surface area contributed by atoms with E-state index in [1.165, 1.54) is 25.0 Å². The normalized spacial score (nSPS) is 26.3. The summed E-state index contributed by atoms with van der Waals surface area (Å²) in [5.41, 5.74) is 1.05. The largest absolute Gasteiger partial charge is 0.369 e. The zero-order valence-electron chi connectivity index (χ0n) is 15.4. The smallest absolute Gasteiger partial charge is 0.237 e. The van der Waals surface area contributed by atoms with Crippen molar-refractivity contribution in [3.05, 3.63) is 30.1 Å². The molecule has 1 N–H and O–H groups in total. The SMILES string of the molecule is CC1CCC(NC(=O)C(C)N2CCN(c3ccc(F)cc3)CC2)CC1. The average Bonchev–Trinajstić information content (AvgIpc) is 2.64. The zero-order valence-corrected chi connectivity index (χ0v) is 15.4. The highest BCUT2D eigenvalue weighted by atomic mass is 19.1. The third-order valence-corrected chi connectivity index (χ3v) is 5.80. The maximum atomic E-state index is 13.1. The summed E-state index contributed by atoms with van der Waals surface area (Å²) in [6, 6.07) is 6.92. The Morgan fingerprint density at radius 1 is 1.08 bits per heavy atom. The standard InChI is InChI=1S/C20H30FN3O/c1-15-3-7-18(8-4-15)22-20(25)16(2)23-11-13-24(14-12-23)19-9-5-17(21)6-10-19/h5-6,9-10,15-16,18H,3-4,7-8,11-14H2,1-2H3,(H,22,25). The summed E-state index contributed by atoms with van der Waals surface area (Å²) in [6.45, 7) is 7.74. The van der Waals surface area contributed by atoms with Crippen LogP contribution in [-0.2, 0) is 4.79 Å². The number of anilines is 1. The lowest BCUT2D eigenvalue weighted by atomic mass is 9.87. The fourth-order valence-corrected chi connectivity index (χ4v) is 3.91. The van der Waals surface area contributed by atoms with E-state index in [1.807, 2.05) is 19.1 Å². The fraction of sp³-hybridized carbons (Fsp3) is 0.650. The van der Waals surface area contributed by atoms with Crippen LogP contribution in [0.2, 0.25) is 0 Å². The second kappa shape index (κ2) is 8.17. The molecule has 1 aliphatic carbocycles. The predicted molar refractivity (Wildman–Crippen MR) is 99.2 cm³/mol. The Morgan fingerprint density at radius 2 is 1.68 bits per heavy atom. The number of halogens is 1. The van der Waals surface area contributed by atoms with Gasteiger partial charge in [-0.2, -0.15) is 0 Å². The van der Waals surface area contributed by atoms with Crippen LogP contribution in [0.25, 0.3) is 0 Å². The van der Waals surface area contributed by atoms with Gasteiger partial charge in [-0.05, 0) is 62.8 Å². The number of hydrogen-bond acceptors (Lipinski definition) is 3. The molecular weight excluding hydrogens is 317 g/mol. The number of benzene rings is 1. The quantitative estimate of drug-likeness (QED) is 0.909. The van der Waals surface area contributed by atoms with Crippen LogP contribution in [0.3, 0.4) is 0 Å². The van der Waals surface area contributed by atoms with Crippen LogP contribution in [0, 0.1) is 11.7 Å². The van der Waals surface area contributed by atoms with Crippen molar-refractivity contribution in [3.8, 4) is 0 Å². The van der Waals surface area contributed by atoms with Crippen LogP contribution in [0.15, 0.2) is 24.3 Å². The first-order chi connectivity index (χ1) is 12.0. The molecule has 4 nitrogen and oxygen atoms in total. The van der Waals surface area contributed by atoms with E-state index >= 15 is 0 Å². The number of nitrogens with zero attached hydrogens (tertiary/aromatic N) is 2. The number of amides is 1. The highest BCUT2D eigenvalue weighted by molar-refractivity contribution is 5.81. The molecule has 2 fully saturated rings. The highest BCUT2D eigenvalue weighted by Gasteiger charge is 2.28. The minimum Gasteiger partial charge on any atom is -0.369 e. The number of carbonyl (C=O) groups is 1. The summed E-state index contributed by atoms with van der Waals surface area (Å²) in [4.78, 5) is 17.1. The molecule has 5 heteroatoms. The molecule has 1 heterocycles. The van der Waals surface area contributed by atoms with Crippen LogP contribution in [0.1, 0.15) is 39.5 Å². The summed E-state index contributed by atoms with van der Waals surface area (Å²) < 4.78 is 13.1. The molecule has 1 aliphatic heterocycles. The maximum absolute atomic E-state index is 13.1. The minimum absolute atomic E-state index is 0.0882. The van der Waals surface area contributed by atoms with Crippen molar-refractivity contribution in [2.24, 2.45) is 5.92 Å². The van der Waals surface area contributed by atoms with Gasteiger partial charge >= 0.3 is 0 Å². The Kier molecular flexibility index (Phi) is 5.94. The van der Waals surface area contributed by atoms with E-state index in [2.05, 4.69) is 22.0 Å². The van der Waals surface area contributed by atoms with E-state index in [4.69, 9.17) is 0 Å². The number of nitrogens with one attached hydrogen (secondary N) is 1. The van der Waals surface area contributed by atoms with Crippen molar-refractivity contribution in [2.45, 2.75) is 51.6 Å². The fourth-order valence-electron chi connectivity index (χ4n) is 3.91. The molecule has 138 valence electrons. The molecule has 3 rings (SSSR count).